The fourth-order valence-corrected chi connectivity index (χ4v) is 3.60. The van der Waals surface area contributed by atoms with Gasteiger partial charge in [0.1, 0.15) is 10.7 Å². The van der Waals surface area contributed by atoms with Crippen molar-refractivity contribution in [2.24, 2.45) is 5.92 Å². The van der Waals surface area contributed by atoms with Crippen LogP contribution in [-0.4, -0.2) is 44.6 Å². The van der Waals surface area contributed by atoms with Gasteiger partial charge in [-0.25, -0.2) is 12.8 Å². The van der Waals surface area contributed by atoms with Crippen molar-refractivity contribution in [2.45, 2.75) is 25.3 Å². The number of aliphatic hydroxyl groups is 1. The molecule has 0 aromatic heterocycles. The number of sulfonamides is 1. The molecule has 0 heterocycles. The van der Waals surface area contributed by atoms with Gasteiger partial charge in [0.25, 0.3) is 0 Å². The van der Waals surface area contributed by atoms with E-state index < -0.39 is 20.7 Å². The lowest BCUT2D eigenvalue weighted by molar-refractivity contribution is 0.175. The summed E-state index contributed by atoms with van der Waals surface area (Å²) < 4.78 is 45.3. The second-order valence-corrected chi connectivity index (χ2v) is 7.08. The van der Waals surface area contributed by atoms with Crippen molar-refractivity contribution in [1.82, 2.24) is 4.31 Å². The van der Waals surface area contributed by atoms with Crippen LogP contribution in [0.3, 0.4) is 0 Å². The van der Waals surface area contributed by atoms with Gasteiger partial charge in [0.05, 0.1) is 13.2 Å². The fraction of sp³-hybridized carbons (Fsp3) is 0.571. The zero-order valence-corrected chi connectivity index (χ0v) is 13.4. The van der Waals surface area contributed by atoms with Crippen molar-refractivity contribution < 1.29 is 22.7 Å². The highest BCUT2D eigenvalue weighted by molar-refractivity contribution is 7.89. The van der Waals surface area contributed by atoms with Crippen LogP contribution in [0.1, 0.15) is 19.4 Å². The molecular weight excluding hydrogens is 297 g/mol. The van der Waals surface area contributed by atoms with Crippen molar-refractivity contribution in [2.75, 3.05) is 26.8 Å². The highest BCUT2D eigenvalue weighted by atomic mass is 32.2. The summed E-state index contributed by atoms with van der Waals surface area (Å²) in [6, 6.07) is 3.59. The zero-order valence-electron chi connectivity index (χ0n) is 12.5. The maximum Gasteiger partial charge on any atom is 0.246 e. The first-order chi connectivity index (χ1) is 9.82. The number of nitrogens with zero attached hydrogens (tertiary/aromatic N) is 1. The monoisotopic (exact) mass is 319 g/mol. The molecule has 5 nitrogen and oxygen atoms in total. The van der Waals surface area contributed by atoms with E-state index in [-0.39, 0.29) is 32.2 Å². The van der Waals surface area contributed by atoms with Gasteiger partial charge in [-0.3, -0.25) is 0 Å². The Morgan fingerprint density at radius 2 is 2.05 bits per heavy atom. The molecule has 0 spiro atoms. The van der Waals surface area contributed by atoms with Crippen LogP contribution < -0.4 is 0 Å². The minimum absolute atomic E-state index is 0.0979. The lowest BCUT2D eigenvalue weighted by atomic mass is 10.2. The molecule has 0 saturated heterocycles. The summed E-state index contributed by atoms with van der Waals surface area (Å²) in [5.74, 6) is -0.723. The molecule has 21 heavy (non-hydrogen) atoms. The molecule has 0 fully saturated rings. The van der Waals surface area contributed by atoms with E-state index in [0.717, 1.165) is 6.07 Å². The van der Waals surface area contributed by atoms with Crippen LogP contribution in [0.4, 0.5) is 4.39 Å². The van der Waals surface area contributed by atoms with Crippen LogP contribution >= 0.6 is 0 Å². The lowest BCUT2D eigenvalue weighted by Gasteiger charge is -2.24. The fourth-order valence-electron chi connectivity index (χ4n) is 1.89. The van der Waals surface area contributed by atoms with Gasteiger partial charge in [0.2, 0.25) is 10.0 Å². The largest absolute Gasteiger partial charge is 0.392 e. The standard InChI is InChI=1S/C14H22FNO4S/c1-11(2)9-16(6-7-20-3)21(18,19)14-8-12(10-17)4-5-13(14)15/h4-5,8,11,17H,6-7,9-10H2,1-3H3. The summed E-state index contributed by atoms with van der Waals surface area (Å²) in [4.78, 5) is -0.411. The van der Waals surface area contributed by atoms with Crippen molar-refractivity contribution in [3.05, 3.63) is 29.6 Å². The molecule has 0 aliphatic carbocycles. The average molecular weight is 319 g/mol. The van der Waals surface area contributed by atoms with E-state index in [1.807, 2.05) is 13.8 Å². The van der Waals surface area contributed by atoms with E-state index in [1.54, 1.807) is 0 Å². The van der Waals surface area contributed by atoms with Gasteiger partial charge in [-0.2, -0.15) is 4.31 Å². The molecule has 0 aliphatic rings. The Morgan fingerprint density at radius 3 is 2.57 bits per heavy atom. The Bertz CT molecular complexity index is 560. The van der Waals surface area contributed by atoms with Crippen LogP contribution in [0, 0.1) is 11.7 Å². The third-order valence-electron chi connectivity index (χ3n) is 2.91. The first kappa shape index (κ1) is 18.0. The zero-order chi connectivity index (χ0) is 16.0. The third kappa shape index (κ3) is 4.74. The van der Waals surface area contributed by atoms with E-state index in [1.165, 1.54) is 23.5 Å². The first-order valence-electron chi connectivity index (χ1n) is 6.71. The second-order valence-electron chi connectivity index (χ2n) is 5.17. The van der Waals surface area contributed by atoms with Crippen LogP contribution in [0.25, 0.3) is 0 Å². The maximum atomic E-state index is 13.9. The molecule has 1 aromatic carbocycles. The number of rotatable bonds is 8. The molecule has 0 bridgehead atoms. The molecule has 7 heteroatoms. The molecule has 1 aromatic rings. The van der Waals surface area contributed by atoms with Gasteiger partial charge in [-0.05, 0) is 23.6 Å². The molecule has 1 N–H and O–H groups in total. The third-order valence-corrected chi connectivity index (χ3v) is 4.79. The Hall–Kier alpha value is -1.02. The van der Waals surface area contributed by atoms with Crippen molar-refractivity contribution >= 4 is 10.0 Å². The van der Waals surface area contributed by atoms with Gasteiger partial charge < -0.3 is 9.84 Å². The molecule has 0 aliphatic heterocycles. The number of hydrogen-bond acceptors (Lipinski definition) is 4. The summed E-state index contributed by atoms with van der Waals surface area (Å²) in [6.07, 6.45) is 0. The minimum Gasteiger partial charge on any atom is -0.392 e. The number of hydrogen-bond donors (Lipinski definition) is 1. The normalized spacial score (nSPS) is 12.3. The topological polar surface area (TPSA) is 66.8 Å². The Kier molecular flexibility index (Phi) is 6.73. The van der Waals surface area contributed by atoms with Gasteiger partial charge in [-0.1, -0.05) is 19.9 Å². The van der Waals surface area contributed by atoms with Crippen LogP contribution in [-0.2, 0) is 21.4 Å². The molecule has 0 amide bonds. The molecule has 0 radical (unpaired) electrons. The summed E-state index contributed by atoms with van der Waals surface area (Å²) in [5.41, 5.74) is 0.353. The van der Waals surface area contributed by atoms with E-state index in [4.69, 9.17) is 9.84 Å². The van der Waals surface area contributed by atoms with Crippen molar-refractivity contribution in [3.8, 4) is 0 Å². The highest BCUT2D eigenvalue weighted by Gasteiger charge is 2.28. The summed E-state index contributed by atoms with van der Waals surface area (Å²) in [6.45, 7) is 4.08. The van der Waals surface area contributed by atoms with Gasteiger partial charge in [0, 0.05) is 20.2 Å². The van der Waals surface area contributed by atoms with Crippen LogP contribution in [0.5, 0.6) is 0 Å². The smallest absolute Gasteiger partial charge is 0.246 e. The number of methoxy groups -OCH3 is 1. The molecule has 1 rings (SSSR count). The van der Waals surface area contributed by atoms with Gasteiger partial charge in [0.15, 0.2) is 0 Å². The average Bonchev–Trinajstić information content (AvgIpc) is 2.43. The lowest BCUT2D eigenvalue weighted by Crippen LogP contribution is -2.37. The van der Waals surface area contributed by atoms with E-state index in [2.05, 4.69) is 0 Å². The second kappa shape index (κ2) is 7.84. The number of ether oxygens (including phenoxy) is 1. The molecule has 120 valence electrons. The van der Waals surface area contributed by atoms with E-state index >= 15 is 0 Å². The van der Waals surface area contributed by atoms with Crippen LogP contribution in [0.2, 0.25) is 0 Å². The maximum absolute atomic E-state index is 13.9. The van der Waals surface area contributed by atoms with E-state index in [0.29, 0.717) is 5.56 Å². The van der Waals surface area contributed by atoms with Gasteiger partial charge >= 0.3 is 0 Å². The summed E-state index contributed by atoms with van der Waals surface area (Å²) in [5, 5.41) is 9.09. The van der Waals surface area contributed by atoms with Crippen LogP contribution in [0.15, 0.2) is 23.1 Å². The molecular formula is C14H22FNO4S. The quantitative estimate of drug-likeness (QED) is 0.790. The summed E-state index contributed by atoms with van der Waals surface area (Å²) >= 11 is 0. The predicted molar refractivity (Wildman–Crippen MR) is 77.8 cm³/mol. The van der Waals surface area contributed by atoms with Crippen molar-refractivity contribution in [3.63, 3.8) is 0 Å². The predicted octanol–water partition coefficient (Wildman–Crippen LogP) is 1.61. The number of benzene rings is 1. The van der Waals surface area contributed by atoms with E-state index in [9.17, 15) is 12.8 Å². The molecule has 0 unspecified atom stereocenters. The Labute approximate surface area is 125 Å². The van der Waals surface area contributed by atoms with Crippen molar-refractivity contribution in [1.29, 1.82) is 0 Å². The minimum atomic E-state index is -3.96. The molecule has 0 atom stereocenters. The first-order valence-corrected chi connectivity index (χ1v) is 8.15. The molecule has 0 saturated carbocycles. The Balaban J connectivity index is 3.20. The SMILES string of the molecule is COCCN(CC(C)C)S(=O)(=O)c1cc(CO)ccc1F. The number of aliphatic hydroxyl groups excluding tert-OH is 1. The Morgan fingerprint density at radius 1 is 1.38 bits per heavy atom. The summed E-state index contributed by atoms with van der Waals surface area (Å²) in [7, 11) is -2.49. The van der Waals surface area contributed by atoms with Gasteiger partial charge in [-0.15, -0.1) is 0 Å². The highest BCUT2D eigenvalue weighted by Crippen LogP contribution is 2.22. The number of halogens is 1.